The van der Waals surface area contributed by atoms with Crippen molar-refractivity contribution in [2.45, 2.75) is 26.4 Å². The minimum atomic E-state index is -0.124. The van der Waals surface area contributed by atoms with Gasteiger partial charge in [-0.15, -0.1) is 0 Å². The van der Waals surface area contributed by atoms with E-state index < -0.39 is 0 Å². The van der Waals surface area contributed by atoms with E-state index in [1.165, 1.54) is 5.56 Å². The van der Waals surface area contributed by atoms with E-state index in [2.05, 4.69) is 40.2 Å². The molecule has 0 bridgehead atoms. The van der Waals surface area contributed by atoms with Crippen LogP contribution in [0, 0.1) is 6.92 Å². The number of carbonyl (C=O) groups is 1. The summed E-state index contributed by atoms with van der Waals surface area (Å²) in [6.07, 6.45) is 0. The monoisotopic (exact) mass is 371 g/mol. The average Bonchev–Trinajstić information content (AvgIpc) is 2.66. The predicted octanol–water partition coefficient (Wildman–Crippen LogP) is 3.48. The molecule has 1 aliphatic rings. The fourth-order valence-electron chi connectivity index (χ4n) is 3.37. The minimum Gasteiger partial charge on any atom is -0.369 e. The van der Waals surface area contributed by atoms with Crippen molar-refractivity contribution in [1.82, 2.24) is 10.2 Å². The summed E-state index contributed by atoms with van der Waals surface area (Å²) in [5.41, 5.74) is 3.49. The lowest BCUT2D eigenvalue weighted by molar-refractivity contribution is -0.126. The molecule has 1 amide bonds. The fraction of sp³-hybridized carbons (Fsp3) is 0.381. The van der Waals surface area contributed by atoms with Gasteiger partial charge in [-0.1, -0.05) is 47.5 Å². The standard InChI is InChI=1S/C21H26ClN3O/c1-16-5-3-6-18(13-16)15-23-21(26)17(2)24-9-11-25(12-10-24)20-8-4-7-19(22)14-20/h3-8,13-14,17H,9-12,15H2,1-2H3,(H,23,26)/t17-/m1/s1. The molecule has 5 heteroatoms. The van der Waals surface area contributed by atoms with E-state index >= 15 is 0 Å². The lowest BCUT2D eigenvalue weighted by Crippen LogP contribution is -2.53. The van der Waals surface area contributed by atoms with E-state index in [0.717, 1.165) is 42.5 Å². The maximum atomic E-state index is 12.5. The van der Waals surface area contributed by atoms with E-state index in [1.54, 1.807) is 0 Å². The van der Waals surface area contributed by atoms with Gasteiger partial charge in [-0.3, -0.25) is 9.69 Å². The first kappa shape index (κ1) is 18.7. The first-order chi connectivity index (χ1) is 12.5. The summed E-state index contributed by atoms with van der Waals surface area (Å²) in [5.74, 6) is 0.0858. The van der Waals surface area contributed by atoms with Crippen LogP contribution < -0.4 is 10.2 Å². The summed E-state index contributed by atoms with van der Waals surface area (Å²) >= 11 is 6.09. The quantitative estimate of drug-likeness (QED) is 0.874. The molecule has 1 aliphatic heterocycles. The van der Waals surface area contributed by atoms with Crippen molar-refractivity contribution in [1.29, 1.82) is 0 Å². The molecule has 1 saturated heterocycles. The maximum Gasteiger partial charge on any atom is 0.237 e. The maximum absolute atomic E-state index is 12.5. The van der Waals surface area contributed by atoms with Gasteiger partial charge in [0.25, 0.3) is 0 Å². The number of hydrogen-bond donors (Lipinski definition) is 1. The first-order valence-electron chi connectivity index (χ1n) is 9.11. The van der Waals surface area contributed by atoms with Crippen LogP contribution in [0.15, 0.2) is 48.5 Å². The molecule has 2 aromatic carbocycles. The number of rotatable bonds is 5. The van der Waals surface area contributed by atoms with Crippen molar-refractivity contribution in [2.24, 2.45) is 0 Å². The normalized spacial score (nSPS) is 16.3. The lowest BCUT2D eigenvalue weighted by Gasteiger charge is -2.38. The van der Waals surface area contributed by atoms with E-state index in [4.69, 9.17) is 11.6 Å². The number of nitrogens with zero attached hydrogens (tertiary/aromatic N) is 2. The number of carbonyl (C=O) groups excluding carboxylic acids is 1. The minimum absolute atomic E-state index is 0.0858. The molecule has 1 N–H and O–H groups in total. The Kier molecular flexibility index (Phi) is 6.17. The average molecular weight is 372 g/mol. The van der Waals surface area contributed by atoms with Crippen LogP contribution in [-0.2, 0) is 11.3 Å². The van der Waals surface area contributed by atoms with Crippen molar-refractivity contribution in [3.8, 4) is 0 Å². The highest BCUT2D eigenvalue weighted by Crippen LogP contribution is 2.21. The van der Waals surface area contributed by atoms with Gasteiger partial charge in [0.2, 0.25) is 5.91 Å². The molecule has 0 unspecified atom stereocenters. The van der Waals surface area contributed by atoms with Gasteiger partial charge in [0, 0.05) is 43.4 Å². The zero-order valence-electron chi connectivity index (χ0n) is 15.4. The van der Waals surface area contributed by atoms with Crippen molar-refractivity contribution in [2.75, 3.05) is 31.1 Å². The van der Waals surface area contributed by atoms with Crippen LogP contribution in [0.2, 0.25) is 5.02 Å². The number of halogens is 1. The lowest BCUT2D eigenvalue weighted by atomic mass is 10.1. The van der Waals surface area contributed by atoms with Crippen LogP contribution in [0.25, 0.3) is 0 Å². The number of aryl methyl sites for hydroxylation is 1. The molecule has 0 aliphatic carbocycles. The Morgan fingerprint density at radius 2 is 1.85 bits per heavy atom. The molecule has 0 aromatic heterocycles. The number of nitrogens with one attached hydrogen (secondary N) is 1. The molecule has 138 valence electrons. The number of anilines is 1. The van der Waals surface area contributed by atoms with Crippen LogP contribution in [0.1, 0.15) is 18.1 Å². The zero-order chi connectivity index (χ0) is 18.5. The van der Waals surface area contributed by atoms with Gasteiger partial charge in [-0.2, -0.15) is 0 Å². The molecule has 3 rings (SSSR count). The largest absolute Gasteiger partial charge is 0.369 e. The smallest absolute Gasteiger partial charge is 0.237 e. The first-order valence-corrected chi connectivity index (χ1v) is 9.48. The van der Waals surface area contributed by atoms with Crippen molar-refractivity contribution < 1.29 is 4.79 Å². The van der Waals surface area contributed by atoms with Gasteiger partial charge >= 0.3 is 0 Å². The highest BCUT2D eigenvalue weighted by Gasteiger charge is 2.25. The number of hydrogen-bond acceptors (Lipinski definition) is 3. The summed E-state index contributed by atoms with van der Waals surface area (Å²) in [4.78, 5) is 17.1. The summed E-state index contributed by atoms with van der Waals surface area (Å²) in [6, 6.07) is 16.1. The summed E-state index contributed by atoms with van der Waals surface area (Å²) < 4.78 is 0. The van der Waals surface area contributed by atoms with E-state index in [1.807, 2.05) is 37.3 Å². The third kappa shape index (κ3) is 4.77. The van der Waals surface area contributed by atoms with E-state index in [-0.39, 0.29) is 11.9 Å². The topological polar surface area (TPSA) is 35.6 Å². The van der Waals surface area contributed by atoms with E-state index in [9.17, 15) is 4.79 Å². The summed E-state index contributed by atoms with van der Waals surface area (Å²) in [6.45, 7) is 8.16. The Labute approximate surface area is 160 Å². The summed E-state index contributed by atoms with van der Waals surface area (Å²) in [5, 5.41) is 3.82. The van der Waals surface area contributed by atoms with Crippen molar-refractivity contribution in [3.05, 3.63) is 64.7 Å². The molecular weight excluding hydrogens is 346 g/mol. The highest BCUT2D eigenvalue weighted by molar-refractivity contribution is 6.30. The fourth-order valence-corrected chi connectivity index (χ4v) is 3.55. The van der Waals surface area contributed by atoms with Crippen molar-refractivity contribution in [3.63, 3.8) is 0 Å². The Balaban J connectivity index is 1.49. The Morgan fingerprint density at radius 1 is 1.12 bits per heavy atom. The van der Waals surface area contributed by atoms with Crippen LogP contribution in [0.4, 0.5) is 5.69 Å². The zero-order valence-corrected chi connectivity index (χ0v) is 16.2. The second-order valence-electron chi connectivity index (χ2n) is 6.89. The van der Waals surface area contributed by atoms with Gasteiger partial charge in [0.05, 0.1) is 6.04 Å². The van der Waals surface area contributed by atoms with Gasteiger partial charge in [-0.05, 0) is 37.6 Å². The SMILES string of the molecule is Cc1cccc(CNC(=O)[C@@H](C)N2CCN(c3cccc(Cl)c3)CC2)c1. The number of benzene rings is 2. The molecule has 2 aromatic rings. The second-order valence-corrected chi connectivity index (χ2v) is 7.32. The third-order valence-electron chi connectivity index (χ3n) is 4.96. The Hall–Kier alpha value is -2.04. The third-order valence-corrected chi connectivity index (χ3v) is 5.20. The molecule has 0 spiro atoms. The number of amides is 1. The molecular formula is C21H26ClN3O. The predicted molar refractivity (Wildman–Crippen MR) is 108 cm³/mol. The van der Waals surface area contributed by atoms with Crippen LogP contribution in [0.5, 0.6) is 0 Å². The van der Waals surface area contributed by atoms with Crippen molar-refractivity contribution >= 4 is 23.2 Å². The van der Waals surface area contributed by atoms with Crippen LogP contribution in [0.3, 0.4) is 0 Å². The molecule has 0 saturated carbocycles. The second kappa shape index (κ2) is 8.56. The van der Waals surface area contributed by atoms with Gasteiger partial charge in [0.15, 0.2) is 0 Å². The van der Waals surface area contributed by atoms with Crippen LogP contribution in [-0.4, -0.2) is 43.0 Å². The highest BCUT2D eigenvalue weighted by atomic mass is 35.5. The molecule has 0 radical (unpaired) electrons. The molecule has 1 heterocycles. The van der Waals surface area contributed by atoms with E-state index in [0.29, 0.717) is 6.54 Å². The number of piperazine rings is 1. The molecule has 1 fully saturated rings. The Bertz CT molecular complexity index is 756. The molecule has 26 heavy (non-hydrogen) atoms. The van der Waals surface area contributed by atoms with Gasteiger partial charge in [0.1, 0.15) is 0 Å². The molecule has 1 atom stereocenters. The Morgan fingerprint density at radius 3 is 2.54 bits per heavy atom. The molecule has 4 nitrogen and oxygen atoms in total. The van der Waals surface area contributed by atoms with Gasteiger partial charge < -0.3 is 10.2 Å². The van der Waals surface area contributed by atoms with Crippen LogP contribution >= 0.6 is 11.6 Å². The van der Waals surface area contributed by atoms with Gasteiger partial charge in [-0.25, -0.2) is 0 Å². The summed E-state index contributed by atoms with van der Waals surface area (Å²) in [7, 11) is 0.